The smallest absolute Gasteiger partial charge is 0.178 e. The summed E-state index contributed by atoms with van der Waals surface area (Å²) in [6.07, 6.45) is 1.39. The number of pyridine rings is 1. The molecule has 0 unspecified atom stereocenters. The molecule has 0 atom stereocenters. The third-order valence-corrected chi connectivity index (χ3v) is 0.898. The lowest BCUT2D eigenvalue weighted by atomic mass is 10.3. The zero-order chi connectivity index (χ0) is 9.19. The summed E-state index contributed by atoms with van der Waals surface area (Å²) in [5.74, 6) is -0.914. The highest BCUT2D eigenvalue weighted by molar-refractivity contribution is 5.91. The molecular formula is C7H7NO. The second-order valence-corrected chi connectivity index (χ2v) is 1.54. The van der Waals surface area contributed by atoms with Gasteiger partial charge in [-0.25, -0.2) is 0 Å². The van der Waals surface area contributed by atoms with Crippen LogP contribution in [0.2, 0.25) is 0 Å². The molecule has 0 spiro atoms. The minimum Gasteiger partial charge on any atom is -0.293 e. The van der Waals surface area contributed by atoms with E-state index in [1.54, 1.807) is 12.1 Å². The highest BCUT2D eigenvalue weighted by Crippen LogP contribution is 1.92. The Labute approximate surface area is 57.8 Å². The van der Waals surface area contributed by atoms with Crippen molar-refractivity contribution in [2.75, 3.05) is 0 Å². The van der Waals surface area contributed by atoms with Crippen molar-refractivity contribution < 1.29 is 8.91 Å². The van der Waals surface area contributed by atoms with Crippen LogP contribution in [0.4, 0.5) is 0 Å². The molecular weight excluding hydrogens is 114 g/mol. The van der Waals surface area contributed by atoms with E-state index in [2.05, 4.69) is 4.98 Å². The van der Waals surface area contributed by atoms with Crippen LogP contribution in [-0.2, 0) is 0 Å². The van der Waals surface area contributed by atoms with Gasteiger partial charge in [0.2, 0.25) is 0 Å². The summed E-state index contributed by atoms with van der Waals surface area (Å²) in [7, 11) is 0. The first-order valence-electron chi connectivity index (χ1n) is 3.97. The van der Waals surface area contributed by atoms with Crippen LogP contribution in [0.3, 0.4) is 0 Å². The van der Waals surface area contributed by atoms with Gasteiger partial charge in [0.15, 0.2) is 5.78 Å². The molecule has 0 aromatic carbocycles. The van der Waals surface area contributed by atoms with Crippen LogP contribution in [0.1, 0.15) is 21.5 Å². The average Bonchev–Trinajstić information content (AvgIpc) is 2.03. The van der Waals surface area contributed by atoms with Gasteiger partial charge >= 0.3 is 0 Å². The van der Waals surface area contributed by atoms with E-state index in [9.17, 15) is 4.79 Å². The topological polar surface area (TPSA) is 30.0 Å². The third kappa shape index (κ3) is 1.35. The van der Waals surface area contributed by atoms with Crippen molar-refractivity contribution in [1.82, 2.24) is 4.98 Å². The maximum Gasteiger partial charge on any atom is 0.178 e. The van der Waals surface area contributed by atoms with Crippen molar-refractivity contribution in [3.8, 4) is 0 Å². The number of carbonyl (C=O) groups excluding carboxylic acids is 1. The van der Waals surface area contributed by atoms with Crippen molar-refractivity contribution in [3.63, 3.8) is 0 Å². The molecule has 0 saturated heterocycles. The number of Topliss-reactive ketones (excluding diaryl/α,β-unsaturated/α-hetero) is 1. The van der Waals surface area contributed by atoms with Gasteiger partial charge in [0.25, 0.3) is 0 Å². The molecule has 0 bridgehead atoms. The molecule has 1 rings (SSSR count). The summed E-state index contributed by atoms with van der Waals surface area (Å²) in [6.45, 7) is -2.59. The molecule has 0 aliphatic heterocycles. The van der Waals surface area contributed by atoms with Crippen LogP contribution < -0.4 is 0 Å². The molecule has 9 heavy (non-hydrogen) atoms. The summed E-state index contributed by atoms with van der Waals surface area (Å²) >= 11 is 0. The maximum absolute atomic E-state index is 11.0. The van der Waals surface area contributed by atoms with E-state index in [0.29, 0.717) is 0 Å². The largest absolute Gasteiger partial charge is 0.293 e. The Hall–Kier alpha value is -1.18. The Morgan fingerprint density at radius 3 is 3.22 bits per heavy atom. The molecule has 2 heteroatoms. The van der Waals surface area contributed by atoms with Gasteiger partial charge in [-0.3, -0.25) is 9.78 Å². The molecule has 1 aromatic heterocycles. The Morgan fingerprint density at radius 2 is 2.67 bits per heavy atom. The van der Waals surface area contributed by atoms with Gasteiger partial charge in [0.1, 0.15) is 5.69 Å². The van der Waals surface area contributed by atoms with Gasteiger partial charge in [-0.2, -0.15) is 0 Å². The molecule has 1 heterocycles. The summed E-state index contributed by atoms with van der Waals surface area (Å²) in [5, 5.41) is 0. The summed E-state index contributed by atoms with van der Waals surface area (Å²) < 4.78 is 20.5. The molecule has 46 valence electrons. The average molecular weight is 124 g/mol. The van der Waals surface area contributed by atoms with Gasteiger partial charge in [0, 0.05) is 17.2 Å². The number of aromatic nitrogens is 1. The van der Waals surface area contributed by atoms with Gasteiger partial charge in [-0.15, -0.1) is 0 Å². The predicted octanol–water partition coefficient (Wildman–Crippen LogP) is 1.28. The highest BCUT2D eigenvalue weighted by atomic mass is 16.1. The minimum absolute atomic E-state index is 0.0162. The monoisotopic (exact) mass is 124 g/mol. The quantitative estimate of drug-likeness (QED) is 0.528. The van der Waals surface area contributed by atoms with Crippen molar-refractivity contribution in [3.05, 3.63) is 30.1 Å². The van der Waals surface area contributed by atoms with Crippen LogP contribution in [0.25, 0.3) is 0 Å². The van der Waals surface area contributed by atoms with Crippen LogP contribution in [0.15, 0.2) is 24.4 Å². The molecule has 0 N–H and O–H groups in total. The first-order valence-corrected chi connectivity index (χ1v) is 2.47. The number of hydrogen-bond donors (Lipinski definition) is 0. The summed E-state index contributed by atoms with van der Waals surface area (Å²) in [4.78, 5) is 14.7. The standard InChI is InChI=1S/C7H7NO/c1-6(9)7-4-2-3-5-8-7/h2-5H,1H3/i1D3. The number of rotatable bonds is 1. The first kappa shape index (κ1) is 3.11. The first-order chi connectivity index (χ1) is 5.52. The molecule has 0 fully saturated rings. The van der Waals surface area contributed by atoms with Gasteiger partial charge in [-0.1, -0.05) is 6.07 Å². The zero-order valence-corrected chi connectivity index (χ0v) is 4.66. The van der Waals surface area contributed by atoms with Crippen molar-refractivity contribution in [2.24, 2.45) is 0 Å². The molecule has 0 aliphatic carbocycles. The fraction of sp³-hybridized carbons (Fsp3) is 0.143. The lowest BCUT2D eigenvalue weighted by Gasteiger charge is -1.88. The van der Waals surface area contributed by atoms with E-state index in [0.717, 1.165) is 0 Å². The Bertz CT molecular complexity index is 280. The number of ketones is 1. The maximum atomic E-state index is 11.0. The summed E-state index contributed by atoms with van der Waals surface area (Å²) in [5.41, 5.74) is -0.0162. The number of nitrogens with zero attached hydrogens (tertiary/aromatic N) is 1. The Morgan fingerprint density at radius 1 is 1.78 bits per heavy atom. The third-order valence-electron chi connectivity index (χ3n) is 0.898. The van der Waals surface area contributed by atoms with Gasteiger partial charge in [0.05, 0.1) is 0 Å². The summed E-state index contributed by atoms with van der Waals surface area (Å²) in [6, 6.07) is 4.58. The van der Waals surface area contributed by atoms with E-state index in [-0.39, 0.29) is 5.69 Å². The van der Waals surface area contributed by atoms with Crippen molar-refractivity contribution in [2.45, 2.75) is 6.85 Å². The fourth-order valence-corrected chi connectivity index (χ4v) is 0.497. The van der Waals surface area contributed by atoms with Crippen LogP contribution in [0.5, 0.6) is 0 Å². The molecule has 0 aliphatic rings. The fourth-order valence-electron chi connectivity index (χ4n) is 0.497. The molecule has 0 radical (unpaired) electrons. The zero-order valence-electron chi connectivity index (χ0n) is 7.66. The molecule has 0 amide bonds. The molecule has 1 aromatic rings. The predicted molar refractivity (Wildman–Crippen MR) is 34.2 cm³/mol. The van der Waals surface area contributed by atoms with Crippen LogP contribution in [-0.4, -0.2) is 10.8 Å². The SMILES string of the molecule is [2H]C([2H])([2H])C(=O)c1ccccn1. The second-order valence-electron chi connectivity index (χ2n) is 1.54. The number of hydrogen-bond acceptors (Lipinski definition) is 2. The molecule has 0 saturated carbocycles. The van der Waals surface area contributed by atoms with E-state index in [1.165, 1.54) is 12.3 Å². The Kier molecular flexibility index (Phi) is 0.827. The Balaban J connectivity index is 2.94. The van der Waals surface area contributed by atoms with Crippen LogP contribution >= 0.6 is 0 Å². The van der Waals surface area contributed by atoms with E-state index in [4.69, 9.17) is 4.11 Å². The lowest BCUT2D eigenvalue weighted by Crippen LogP contribution is -1.93. The van der Waals surface area contributed by atoms with Crippen molar-refractivity contribution in [1.29, 1.82) is 0 Å². The second kappa shape index (κ2) is 2.40. The minimum atomic E-state index is -2.59. The normalized spacial score (nSPS) is 15.3. The van der Waals surface area contributed by atoms with Gasteiger partial charge in [-0.05, 0) is 12.1 Å². The number of carbonyl (C=O) groups is 1. The van der Waals surface area contributed by atoms with Gasteiger partial charge < -0.3 is 0 Å². The molecule has 2 nitrogen and oxygen atoms in total. The van der Waals surface area contributed by atoms with E-state index < -0.39 is 12.6 Å². The highest BCUT2D eigenvalue weighted by Gasteiger charge is 1.94. The van der Waals surface area contributed by atoms with Crippen LogP contribution in [0, 0.1) is 0 Å². The van der Waals surface area contributed by atoms with E-state index >= 15 is 0 Å². The van der Waals surface area contributed by atoms with Crippen molar-refractivity contribution >= 4 is 5.78 Å². The lowest BCUT2D eigenvalue weighted by molar-refractivity contribution is 0.101. The van der Waals surface area contributed by atoms with E-state index in [1.807, 2.05) is 0 Å².